The lowest BCUT2D eigenvalue weighted by atomic mass is 9.75. The number of aryl methyl sites for hydroxylation is 1. The first-order valence-corrected chi connectivity index (χ1v) is 8.94. The highest BCUT2D eigenvalue weighted by molar-refractivity contribution is 5.33. The van der Waals surface area contributed by atoms with Crippen LogP contribution in [0.1, 0.15) is 62.1 Å². The van der Waals surface area contributed by atoms with Crippen molar-refractivity contribution in [3.05, 3.63) is 35.4 Å². The minimum absolute atomic E-state index is 0.218. The summed E-state index contributed by atoms with van der Waals surface area (Å²) in [5.41, 5.74) is 9.60. The van der Waals surface area contributed by atoms with Gasteiger partial charge in [-0.15, -0.1) is 0 Å². The molecule has 1 saturated carbocycles. The average molecular weight is 284 g/mol. The summed E-state index contributed by atoms with van der Waals surface area (Å²) < 4.78 is 0. The Morgan fingerprint density at radius 1 is 0.905 bits per heavy atom. The second-order valence-corrected chi connectivity index (χ2v) is 7.32. The first-order chi connectivity index (χ1) is 10.3. The molecule has 2 N–H and O–H groups in total. The number of rotatable bonds is 1. The Labute approximate surface area is 128 Å². The van der Waals surface area contributed by atoms with Crippen molar-refractivity contribution in [2.45, 2.75) is 69.5 Å². The van der Waals surface area contributed by atoms with Gasteiger partial charge < -0.3 is 5.73 Å². The lowest BCUT2D eigenvalue weighted by Crippen LogP contribution is -2.55. The minimum Gasteiger partial charge on any atom is -0.323 e. The molecule has 1 aromatic carbocycles. The lowest BCUT2D eigenvalue weighted by molar-refractivity contribution is 0.0113. The number of hydrogen-bond acceptors (Lipinski definition) is 2. The molecule has 2 aliphatic carbocycles. The number of hydrogen-bond donors (Lipinski definition) is 1. The summed E-state index contributed by atoms with van der Waals surface area (Å²) in [6, 6.07) is 10.5. The Bertz CT molecular complexity index is 496. The predicted molar refractivity (Wildman–Crippen MR) is 87.2 cm³/mol. The highest BCUT2D eigenvalue weighted by Crippen LogP contribution is 2.40. The van der Waals surface area contributed by atoms with E-state index in [9.17, 15) is 0 Å². The van der Waals surface area contributed by atoms with Crippen molar-refractivity contribution in [3.63, 3.8) is 0 Å². The Balaban J connectivity index is 1.58. The molecule has 2 nitrogen and oxygen atoms in total. The molecule has 4 rings (SSSR count). The van der Waals surface area contributed by atoms with Gasteiger partial charge in [-0.2, -0.15) is 0 Å². The predicted octanol–water partition coefficient (Wildman–Crippen LogP) is 3.66. The van der Waals surface area contributed by atoms with E-state index >= 15 is 0 Å². The molecule has 4 unspecified atom stereocenters. The normalized spacial score (nSPS) is 36.8. The first kappa shape index (κ1) is 13.8. The van der Waals surface area contributed by atoms with Gasteiger partial charge in [0.05, 0.1) is 0 Å². The fourth-order valence-corrected chi connectivity index (χ4v) is 5.22. The molecule has 1 heterocycles. The molecule has 114 valence electrons. The minimum atomic E-state index is 0.218. The number of nitrogens with two attached hydrogens (primary N) is 1. The van der Waals surface area contributed by atoms with Gasteiger partial charge >= 0.3 is 0 Å². The molecule has 2 fully saturated rings. The van der Waals surface area contributed by atoms with Crippen LogP contribution in [0.4, 0.5) is 0 Å². The standard InChI is InChI=1S/C19H28N2/c20-19-16-9-3-1-6-14(16)11-12-18(19)21-13-5-8-15-7-2-4-10-17(15)21/h1,3,6,9,15,17-19H,2,4-5,7-8,10-13,20H2. The number of nitrogens with zero attached hydrogens (tertiary/aromatic N) is 1. The molecule has 1 aliphatic heterocycles. The van der Waals surface area contributed by atoms with Crippen LogP contribution in [0.2, 0.25) is 0 Å². The van der Waals surface area contributed by atoms with E-state index in [4.69, 9.17) is 5.73 Å². The van der Waals surface area contributed by atoms with Crippen LogP contribution in [0, 0.1) is 5.92 Å². The van der Waals surface area contributed by atoms with Gasteiger partial charge in [0.15, 0.2) is 0 Å². The van der Waals surface area contributed by atoms with E-state index in [1.165, 1.54) is 69.0 Å². The quantitative estimate of drug-likeness (QED) is 0.853. The number of fused-ring (bicyclic) bond motifs is 2. The van der Waals surface area contributed by atoms with E-state index < -0.39 is 0 Å². The van der Waals surface area contributed by atoms with E-state index in [0.717, 1.165) is 12.0 Å². The van der Waals surface area contributed by atoms with Crippen molar-refractivity contribution in [2.24, 2.45) is 11.7 Å². The first-order valence-electron chi connectivity index (χ1n) is 8.94. The molecule has 2 heteroatoms. The fourth-order valence-electron chi connectivity index (χ4n) is 5.22. The van der Waals surface area contributed by atoms with E-state index in [2.05, 4.69) is 29.2 Å². The zero-order valence-corrected chi connectivity index (χ0v) is 13.0. The molecule has 0 aromatic heterocycles. The second kappa shape index (κ2) is 5.73. The van der Waals surface area contributed by atoms with Crippen LogP contribution in [0.15, 0.2) is 24.3 Å². The topological polar surface area (TPSA) is 29.3 Å². The Kier molecular flexibility index (Phi) is 3.76. The van der Waals surface area contributed by atoms with E-state index in [1.54, 1.807) is 0 Å². The lowest BCUT2D eigenvalue weighted by Gasteiger charge is -2.50. The molecular weight excluding hydrogens is 256 g/mol. The number of benzene rings is 1. The summed E-state index contributed by atoms with van der Waals surface area (Å²) in [4.78, 5) is 2.83. The molecule has 1 saturated heterocycles. The van der Waals surface area contributed by atoms with Crippen molar-refractivity contribution in [1.82, 2.24) is 4.90 Å². The molecule has 21 heavy (non-hydrogen) atoms. The summed E-state index contributed by atoms with van der Waals surface area (Å²) in [5, 5.41) is 0. The van der Waals surface area contributed by atoms with Gasteiger partial charge in [-0.25, -0.2) is 0 Å². The largest absolute Gasteiger partial charge is 0.323 e. The van der Waals surface area contributed by atoms with Gasteiger partial charge in [-0.3, -0.25) is 4.90 Å². The third kappa shape index (κ3) is 2.43. The SMILES string of the molecule is NC1c2ccccc2CCC1N1CCCC2CCCCC21. The van der Waals surface area contributed by atoms with Crippen LogP contribution in [-0.2, 0) is 6.42 Å². The third-order valence-corrected chi connectivity index (χ3v) is 6.25. The highest BCUT2D eigenvalue weighted by atomic mass is 15.2. The average Bonchev–Trinajstić information content (AvgIpc) is 2.55. The summed E-state index contributed by atoms with van der Waals surface area (Å²) in [6.45, 7) is 1.28. The van der Waals surface area contributed by atoms with Gasteiger partial charge in [-0.1, -0.05) is 37.1 Å². The van der Waals surface area contributed by atoms with Crippen molar-refractivity contribution in [1.29, 1.82) is 0 Å². The molecule has 3 aliphatic rings. The van der Waals surface area contributed by atoms with E-state index in [1.807, 2.05) is 0 Å². The Morgan fingerprint density at radius 2 is 1.71 bits per heavy atom. The van der Waals surface area contributed by atoms with Crippen molar-refractivity contribution < 1.29 is 0 Å². The number of likely N-dealkylation sites (tertiary alicyclic amines) is 1. The van der Waals surface area contributed by atoms with E-state index in [-0.39, 0.29) is 6.04 Å². The van der Waals surface area contributed by atoms with Crippen LogP contribution >= 0.6 is 0 Å². The smallest absolute Gasteiger partial charge is 0.0456 e. The van der Waals surface area contributed by atoms with Gasteiger partial charge in [-0.05, 0) is 62.1 Å². The highest BCUT2D eigenvalue weighted by Gasteiger charge is 2.40. The monoisotopic (exact) mass is 284 g/mol. The zero-order chi connectivity index (χ0) is 14.2. The van der Waals surface area contributed by atoms with Crippen LogP contribution in [0.5, 0.6) is 0 Å². The van der Waals surface area contributed by atoms with Gasteiger partial charge in [0.25, 0.3) is 0 Å². The van der Waals surface area contributed by atoms with Gasteiger partial charge in [0.2, 0.25) is 0 Å². The van der Waals surface area contributed by atoms with Crippen molar-refractivity contribution in [2.75, 3.05) is 6.54 Å². The summed E-state index contributed by atoms with van der Waals surface area (Å²) in [5.74, 6) is 0.955. The van der Waals surface area contributed by atoms with Gasteiger partial charge in [0, 0.05) is 18.1 Å². The van der Waals surface area contributed by atoms with Crippen LogP contribution < -0.4 is 5.73 Å². The maximum Gasteiger partial charge on any atom is 0.0456 e. The molecule has 0 radical (unpaired) electrons. The Hall–Kier alpha value is -0.860. The van der Waals surface area contributed by atoms with Crippen LogP contribution in [-0.4, -0.2) is 23.5 Å². The van der Waals surface area contributed by atoms with Crippen LogP contribution in [0.25, 0.3) is 0 Å². The summed E-state index contributed by atoms with van der Waals surface area (Å²) >= 11 is 0. The third-order valence-electron chi connectivity index (χ3n) is 6.25. The molecular formula is C19H28N2. The van der Waals surface area contributed by atoms with E-state index in [0.29, 0.717) is 6.04 Å². The molecule has 0 spiro atoms. The van der Waals surface area contributed by atoms with Crippen molar-refractivity contribution >= 4 is 0 Å². The van der Waals surface area contributed by atoms with Crippen molar-refractivity contribution in [3.8, 4) is 0 Å². The van der Waals surface area contributed by atoms with Gasteiger partial charge in [0.1, 0.15) is 0 Å². The Morgan fingerprint density at radius 3 is 2.67 bits per heavy atom. The van der Waals surface area contributed by atoms with Crippen LogP contribution in [0.3, 0.4) is 0 Å². The molecule has 1 aromatic rings. The zero-order valence-electron chi connectivity index (χ0n) is 13.0. The summed E-state index contributed by atoms with van der Waals surface area (Å²) in [6.07, 6.45) is 11.1. The summed E-state index contributed by atoms with van der Waals surface area (Å²) in [7, 11) is 0. The number of piperidine rings is 1. The molecule has 0 amide bonds. The maximum atomic E-state index is 6.70. The second-order valence-electron chi connectivity index (χ2n) is 7.32. The molecule has 4 atom stereocenters. The fraction of sp³-hybridized carbons (Fsp3) is 0.684. The molecule has 0 bridgehead atoms. The maximum absolute atomic E-state index is 6.70.